The molecule has 0 unspecified atom stereocenters. The average molecular weight is 141 g/mol. The van der Waals surface area contributed by atoms with Crippen molar-refractivity contribution in [1.82, 2.24) is 10.2 Å². The van der Waals surface area contributed by atoms with Crippen LogP contribution in [0.3, 0.4) is 0 Å². The lowest BCUT2D eigenvalue weighted by Crippen LogP contribution is -1.81. The van der Waals surface area contributed by atoms with Crippen LogP contribution in [-0.4, -0.2) is 16.4 Å². The molecular weight excluding hydrogens is 133 g/mol. The van der Waals surface area contributed by atoms with Crippen LogP contribution in [0.5, 0.6) is 0 Å². The molecule has 2 atom stereocenters. The lowest BCUT2D eigenvalue weighted by Gasteiger charge is -1.84. The standard InChI is InChI=1S/C6H8FN3/c7-4-1-3(4)5-2-6(8)10-9-5/h2-4H,1H2,(H3,8,9,10)/t3-,4-/m1/s1. The molecule has 1 aliphatic carbocycles. The van der Waals surface area contributed by atoms with Crippen LogP contribution in [0.25, 0.3) is 0 Å². The summed E-state index contributed by atoms with van der Waals surface area (Å²) >= 11 is 0. The maximum Gasteiger partial charge on any atom is 0.145 e. The quantitative estimate of drug-likeness (QED) is 0.608. The normalized spacial score (nSPS) is 30.5. The van der Waals surface area contributed by atoms with Crippen LogP contribution in [-0.2, 0) is 0 Å². The van der Waals surface area contributed by atoms with E-state index >= 15 is 0 Å². The summed E-state index contributed by atoms with van der Waals surface area (Å²) in [7, 11) is 0. The lowest BCUT2D eigenvalue weighted by molar-refractivity contribution is 0.466. The number of rotatable bonds is 1. The van der Waals surface area contributed by atoms with Gasteiger partial charge in [-0.2, -0.15) is 5.10 Å². The summed E-state index contributed by atoms with van der Waals surface area (Å²) in [6, 6.07) is 1.68. The minimum Gasteiger partial charge on any atom is -0.382 e. The monoisotopic (exact) mass is 141 g/mol. The van der Waals surface area contributed by atoms with Crippen LogP contribution in [0.15, 0.2) is 6.07 Å². The zero-order valence-electron chi connectivity index (χ0n) is 5.34. The van der Waals surface area contributed by atoms with Crippen LogP contribution in [0.4, 0.5) is 10.2 Å². The Morgan fingerprint density at radius 2 is 2.50 bits per heavy atom. The number of aromatic nitrogens is 2. The van der Waals surface area contributed by atoms with Gasteiger partial charge in [0.15, 0.2) is 0 Å². The number of hydrogen-bond acceptors (Lipinski definition) is 2. The van der Waals surface area contributed by atoms with Gasteiger partial charge in [-0.1, -0.05) is 0 Å². The van der Waals surface area contributed by atoms with E-state index in [9.17, 15) is 4.39 Å². The molecule has 54 valence electrons. The number of nitrogens with one attached hydrogen (secondary N) is 1. The molecule has 0 bridgehead atoms. The molecule has 1 saturated carbocycles. The van der Waals surface area contributed by atoms with Crippen molar-refractivity contribution in [3.05, 3.63) is 11.8 Å². The fourth-order valence-electron chi connectivity index (χ4n) is 1.03. The predicted molar refractivity (Wildman–Crippen MR) is 35.3 cm³/mol. The molecule has 3 nitrogen and oxygen atoms in total. The fourth-order valence-corrected chi connectivity index (χ4v) is 1.03. The molecule has 2 rings (SSSR count). The van der Waals surface area contributed by atoms with Crippen LogP contribution < -0.4 is 5.73 Å². The third-order valence-corrected chi connectivity index (χ3v) is 1.73. The molecule has 0 amide bonds. The number of nitrogens with zero attached hydrogens (tertiary/aromatic N) is 1. The molecule has 1 fully saturated rings. The van der Waals surface area contributed by atoms with Crippen molar-refractivity contribution in [2.45, 2.75) is 18.5 Å². The second-order valence-corrected chi connectivity index (χ2v) is 2.61. The number of nitrogens with two attached hydrogens (primary N) is 1. The first kappa shape index (κ1) is 5.70. The molecule has 1 aliphatic rings. The zero-order valence-corrected chi connectivity index (χ0v) is 5.34. The first-order chi connectivity index (χ1) is 4.77. The molecule has 0 aliphatic heterocycles. The Kier molecular flexibility index (Phi) is 0.977. The third kappa shape index (κ3) is 0.761. The van der Waals surface area contributed by atoms with E-state index in [1.807, 2.05) is 0 Å². The van der Waals surface area contributed by atoms with Crippen LogP contribution in [0.1, 0.15) is 18.0 Å². The van der Waals surface area contributed by atoms with E-state index in [4.69, 9.17) is 5.73 Å². The van der Waals surface area contributed by atoms with Gasteiger partial charge in [-0.05, 0) is 6.42 Å². The Balaban J connectivity index is 2.20. The highest BCUT2D eigenvalue weighted by molar-refractivity contribution is 5.32. The van der Waals surface area contributed by atoms with Gasteiger partial charge in [0.2, 0.25) is 0 Å². The van der Waals surface area contributed by atoms with E-state index in [2.05, 4.69) is 10.2 Å². The lowest BCUT2D eigenvalue weighted by atomic mass is 10.3. The minimum absolute atomic E-state index is 0.0322. The largest absolute Gasteiger partial charge is 0.382 e. The number of alkyl halides is 1. The SMILES string of the molecule is Nc1cc([C@@H]2C[C@H]2F)[nH]n1. The molecule has 1 aromatic heterocycles. The second-order valence-electron chi connectivity index (χ2n) is 2.61. The van der Waals surface area contributed by atoms with E-state index in [1.165, 1.54) is 0 Å². The van der Waals surface area contributed by atoms with Crippen molar-refractivity contribution in [1.29, 1.82) is 0 Å². The van der Waals surface area contributed by atoms with Gasteiger partial charge in [0.1, 0.15) is 12.0 Å². The summed E-state index contributed by atoms with van der Waals surface area (Å²) in [5.74, 6) is 0.471. The minimum atomic E-state index is -0.681. The summed E-state index contributed by atoms with van der Waals surface area (Å²) < 4.78 is 12.4. The fraction of sp³-hybridized carbons (Fsp3) is 0.500. The van der Waals surface area contributed by atoms with Crippen molar-refractivity contribution >= 4 is 5.82 Å². The molecule has 0 aromatic carbocycles. The Bertz CT molecular complexity index is 245. The van der Waals surface area contributed by atoms with Gasteiger partial charge in [0, 0.05) is 17.7 Å². The van der Waals surface area contributed by atoms with E-state index in [0.717, 1.165) is 5.69 Å². The number of hydrogen-bond donors (Lipinski definition) is 2. The van der Waals surface area contributed by atoms with E-state index in [0.29, 0.717) is 12.2 Å². The van der Waals surface area contributed by atoms with E-state index in [1.54, 1.807) is 6.07 Å². The van der Waals surface area contributed by atoms with Crippen molar-refractivity contribution < 1.29 is 4.39 Å². The van der Waals surface area contributed by atoms with Crippen molar-refractivity contribution in [2.75, 3.05) is 5.73 Å². The molecule has 1 aromatic rings. The number of anilines is 1. The average Bonchev–Trinajstić information content (AvgIpc) is 2.42. The first-order valence-electron chi connectivity index (χ1n) is 3.22. The molecule has 4 heteroatoms. The van der Waals surface area contributed by atoms with Gasteiger partial charge >= 0.3 is 0 Å². The molecule has 0 spiro atoms. The highest BCUT2D eigenvalue weighted by atomic mass is 19.1. The Hall–Kier alpha value is -1.06. The van der Waals surface area contributed by atoms with E-state index < -0.39 is 6.17 Å². The van der Waals surface area contributed by atoms with Gasteiger partial charge in [-0.3, -0.25) is 5.10 Å². The number of aromatic amines is 1. The molecule has 3 N–H and O–H groups in total. The molecule has 0 radical (unpaired) electrons. The smallest absolute Gasteiger partial charge is 0.145 e. The second kappa shape index (κ2) is 1.71. The van der Waals surface area contributed by atoms with Crippen molar-refractivity contribution in [3.8, 4) is 0 Å². The Morgan fingerprint density at radius 3 is 2.90 bits per heavy atom. The van der Waals surface area contributed by atoms with Gasteiger partial charge in [0.25, 0.3) is 0 Å². The number of nitrogen functional groups attached to an aromatic ring is 1. The highest BCUT2D eigenvalue weighted by Gasteiger charge is 2.39. The Morgan fingerprint density at radius 1 is 1.80 bits per heavy atom. The maximum absolute atomic E-state index is 12.4. The van der Waals surface area contributed by atoms with Crippen molar-refractivity contribution in [3.63, 3.8) is 0 Å². The summed E-state index contributed by atoms with van der Waals surface area (Å²) in [4.78, 5) is 0. The molecule has 10 heavy (non-hydrogen) atoms. The summed E-state index contributed by atoms with van der Waals surface area (Å²) in [5.41, 5.74) is 6.15. The third-order valence-electron chi connectivity index (χ3n) is 1.73. The predicted octanol–water partition coefficient (Wildman–Crippen LogP) is 0.817. The number of H-pyrrole nitrogens is 1. The topological polar surface area (TPSA) is 54.7 Å². The van der Waals surface area contributed by atoms with Crippen LogP contribution in [0.2, 0.25) is 0 Å². The van der Waals surface area contributed by atoms with Gasteiger partial charge < -0.3 is 5.73 Å². The van der Waals surface area contributed by atoms with Crippen LogP contribution in [0, 0.1) is 0 Å². The molecular formula is C6H8FN3. The summed E-state index contributed by atoms with van der Waals surface area (Å²) in [6.45, 7) is 0. The number of halogens is 1. The molecule has 0 saturated heterocycles. The van der Waals surface area contributed by atoms with E-state index in [-0.39, 0.29) is 5.92 Å². The maximum atomic E-state index is 12.4. The zero-order chi connectivity index (χ0) is 7.14. The summed E-state index contributed by atoms with van der Waals surface area (Å²) in [5, 5.41) is 6.38. The first-order valence-corrected chi connectivity index (χ1v) is 3.22. The highest BCUT2D eigenvalue weighted by Crippen LogP contribution is 2.42. The van der Waals surface area contributed by atoms with Crippen LogP contribution >= 0.6 is 0 Å². The van der Waals surface area contributed by atoms with Gasteiger partial charge in [0.05, 0.1) is 0 Å². The Labute approximate surface area is 57.4 Å². The van der Waals surface area contributed by atoms with Crippen molar-refractivity contribution in [2.24, 2.45) is 0 Å². The van der Waals surface area contributed by atoms with Gasteiger partial charge in [-0.15, -0.1) is 0 Å². The molecule has 1 heterocycles. The van der Waals surface area contributed by atoms with Gasteiger partial charge in [-0.25, -0.2) is 4.39 Å². The summed E-state index contributed by atoms with van der Waals surface area (Å²) in [6.07, 6.45) is -0.0680.